The van der Waals surface area contributed by atoms with Crippen LogP contribution < -0.4 is 31.6 Å². The van der Waals surface area contributed by atoms with Crippen molar-refractivity contribution >= 4 is 52.1 Å². The molecule has 0 aliphatic carbocycles. The van der Waals surface area contributed by atoms with E-state index in [1.807, 2.05) is 29.0 Å². The second-order valence-corrected chi connectivity index (χ2v) is 15.1. The van der Waals surface area contributed by atoms with Gasteiger partial charge in [-0.3, -0.25) is 24.2 Å². The molecule has 0 aliphatic rings. The minimum Gasteiger partial charge on any atom is -0.394 e. The third-order valence-electron chi connectivity index (χ3n) is 10.8. The summed E-state index contributed by atoms with van der Waals surface area (Å²) in [6.07, 6.45) is -12.2. The third kappa shape index (κ3) is 12.6. The monoisotopic (exact) mass is 892 g/mol. The maximum Gasteiger partial charge on any atom is 0.277 e. The Morgan fingerprint density at radius 1 is 0.905 bits per heavy atom. The number of nitrogen functional groups attached to an aromatic ring is 1. The van der Waals surface area contributed by atoms with E-state index >= 15 is 0 Å². The number of nitrogens with two attached hydrogens (primary N) is 2. The number of aliphatic hydroxyl groups is 10. The quantitative estimate of drug-likeness (QED) is 0.0143. The van der Waals surface area contributed by atoms with Crippen molar-refractivity contribution in [1.82, 2.24) is 35.1 Å². The molecule has 9 atom stereocenters. The number of fused-ring (bicyclic) bond motifs is 2. The van der Waals surface area contributed by atoms with Crippen molar-refractivity contribution < 1.29 is 70.0 Å². The van der Waals surface area contributed by atoms with Crippen LogP contribution in [0.3, 0.4) is 0 Å². The number of carbonyl (C=O) groups excluding carboxylic acids is 3. The number of nitrogens with zero attached hydrogens (tertiary/aromatic N) is 6. The zero-order chi connectivity index (χ0) is 46.5. The van der Waals surface area contributed by atoms with Gasteiger partial charge >= 0.3 is 0 Å². The zero-order valence-electron chi connectivity index (χ0n) is 35.2. The average Bonchev–Trinajstić information content (AvgIpc) is 3.86. The van der Waals surface area contributed by atoms with Gasteiger partial charge < -0.3 is 78.2 Å². The van der Waals surface area contributed by atoms with E-state index < -0.39 is 93.0 Å². The number of rotatable bonds is 28. The third-order valence-corrected chi connectivity index (χ3v) is 10.8. The molecular formula is C39H62N11O13+. The van der Waals surface area contributed by atoms with E-state index in [9.17, 15) is 55.2 Å². The number of carbonyl (C=O) groups is 3. The fraction of sp³-hybridized carbons (Fsp3) is 0.590. The summed E-state index contributed by atoms with van der Waals surface area (Å²) in [5, 5.41) is 105. The lowest BCUT2D eigenvalue weighted by atomic mass is 10.0. The van der Waals surface area contributed by atoms with Gasteiger partial charge in [0.05, 0.1) is 44.6 Å². The average molecular weight is 893 g/mol. The molecule has 0 saturated heterocycles. The minimum absolute atomic E-state index is 0.0143. The van der Waals surface area contributed by atoms with Gasteiger partial charge in [-0.15, -0.1) is 0 Å². The van der Waals surface area contributed by atoms with Crippen molar-refractivity contribution in [2.75, 3.05) is 56.6 Å². The summed E-state index contributed by atoms with van der Waals surface area (Å²) in [4.78, 5) is 52.7. The molecule has 3 heterocycles. The van der Waals surface area contributed by atoms with E-state index in [0.717, 1.165) is 16.9 Å². The fourth-order valence-corrected chi connectivity index (χ4v) is 7.29. The molecular weight excluding hydrogens is 830 g/mol. The maximum atomic E-state index is 13.4. The Labute approximate surface area is 362 Å². The van der Waals surface area contributed by atoms with Crippen LogP contribution >= 0.6 is 0 Å². The summed E-state index contributed by atoms with van der Waals surface area (Å²) in [5.41, 5.74) is 14.8. The molecule has 17 N–H and O–H groups in total. The zero-order valence-corrected chi connectivity index (χ0v) is 35.2. The van der Waals surface area contributed by atoms with Gasteiger partial charge in [0.1, 0.15) is 48.7 Å². The number of aliphatic hydroxyl groups excluding tert-OH is 10. The second kappa shape index (κ2) is 23.6. The molecule has 24 nitrogen and oxygen atoms in total. The van der Waals surface area contributed by atoms with Crippen molar-refractivity contribution in [1.29, 1.82) is 0 Å². The molecule has 0 spiro atoms. The first-order valence-corrected chi connectivity index (χ1v) is 20.6. The van der Waals surface area contributed by atoms with Crippen molar-refractivity contribution in [3.05, 3.63) is 41.9 Å². The molecule has 4 rings (SSSR count). The highest BCUT2D eigenvalue weighted by atomic mass is 16.4. The summed E-state index contributed by atoms with van der Waals surface area (Å²) in [7, 11) is 0. The molecule has 0 fully saturated rings. The number of aromatic nitrogens is 5. The van der Waals surface area contributed by atoms with Crippen LogP contribution in [0.4, 0.5) is 11.6 Å². The van der Waals surface area contributed by atoms with Gasteiger partial charge in [-0.05, 0) is 58.0 Å². The van der Waals surface area contributed by atoms with Crippen LogP contribution in [0.2, 0.25) is 0 Å². The molecule has 0 saturated carbocycles. The number of imidazole rings is 1. The Morgan fingerprint density at radius 3 is 2.08 bits per heavy atom. The fourth-order valence-electron chi connectivity index (χ4n) is 7.29. The number of primary amides is 1. The van der Waals surface area contributed by atoms with Gasteiger partial charge in [-0.1, -0.05) is 0 Å². The normalized spacial score (nSPS) is 16.3. The molecule has 63 heavy (non-hydrogen) atoms. The number of aromatic amines is 1. The smallest absolute Gasteiger partial charge is 0.277 e. The number of nitrogens with one attached hydrogen (secondary N) is 3. The first kappa shape index (κ1) is 50.7. The van der Waals surface area contributed by atoms with E-state index in [2.05, 4.69) is 25.6 Å². The van der Waals surface area contributed by atoms with Gasteiger partial charge in [0, 0.05) is 37.5 Å². The second-order valence-electron chi connectivity index (χ2n) is 15.1. The highest BCUT2D eigenvalue weighted by molar-refractivity contribution is 5.97. The molecule has 0 aliphatic heterocycles. The summed E-state index contributed by atoms with van der Waals surface area (Å²) >= 11 is 0. The maximum absolute atomic E-state index is 13.4. The van der Waals surface area contributed by atoms with Crippen LogP contribution in [0.25, 0.3) is 22.2 Å². The van der Waals surface area contributed by atoms with Crippen LogP contribution in [0, 0.1) is 0 Å². The first-order chi connectivity index (χ1) is 30.0. The summed E-state index contributed by atoms with van der Waals surface area (Å²) in [5.74, 6) is -0.0992. The van der Waals surface area contributed by atoms with Crippen molar-refractivity contribution in [2.24, 2.45) is 5.73 Å². The Hall–Kier alpha value is -4.96. The highest BCUT2D eigenvalue weighted by Gasteiger charge is 2.35. The number of benzene rings is 1. The summed E-state index contributed by atoms with van der Waals surface area (Å²) < 4.78 is 4.01. The molecule has 350 valence electrons. The van der Waals surface area contributed by atoms with Crippen LogP contribution in [-0.4, -0.2) is 195 Å². The molecule has 3 aromatic heterocycles. The van der Waals surface area contributed by atoms with Crippen LogP contribution in [0.5, 0.6) is 0 Å². The van der Waals surface area contributed by atoms with Crippen molar-refractivity contribution in [2.45, 2.75) is 101 Å². The lowest BCUT2D eigenvalue weighted by molar-refractivity contribution is -0.676. The highest BCUT2D eigenvalue weighted by Crippen LogP contribution is 2.24. The number of aryl methyl sites for hydroxylation is 2. The lowest BCUT2D eigenvalue weighted by Crippen LogP contribution is -2.53. The molecule has 0 radical (unpaired) electrons. The van der Waals surface area contributed by atoms with E-state index in [1.165, 1.54) is 9.80 Å². The van der Waals surface area contributed by atoms with E-state index in [1.54, 1.807) is 24.4 Å². The largest absolute Gasteiger partial charge is 0.394 e. The number of H-pyrrole nitrogens is 1. The van der Waals surface area contributed by atoms with Crippen molar-refractivity contribution in [3.63, 3.8) is 0 Å². The molecule has 0 unspecified atom stereocenters. The number of amides is 3. The van der Waals surface area contributed by atoms with Gasteiger partial charge in [0.25, 0.3) is 11.7 Å². The van der Waals surface area contributed by atoms with E-state index in [-0.39, 0.29) is 50.7 Å². The number of anilines is 2. The molecule has 4 aromatic rings. The number of hydrogen-bond acceptors (Lipinski definition) is 18. The van der Waals surface area contributed by atoms with Crippen LogP contribution in [0.1, 0.15) is 42.9 Å². The number of hydrogen-bond donors (Lipinski definition) is 15. The topological polar surface area (TPSA) is 386 Å². The van der Waals surface area contributed by atoms with E-state index in [0.29, 0.717) is 36.2 Å². The molecule has 24 heteroatoms. The van der Waals surface area contributed by atoms with Gasteiger partial charge in [0.15, 0.2) is 28.3 Å². The standard InChI is InChI=1S/C39H61N11O13/c1-3-49-24-7-6-21(14-25(24)50(4-2)30(49)17-48(20-53)38-35(40)46-37-23(45-38)9-11-43-37)39(63)44-12-8-22(36(41)62)42-10-5-13-47(15-26(54)31(58)33(60)28(56)18-51)16-27(55)32(59)34(61)29(57)19-52/h6-7,9,11,14,20,22,26-29,31-34,42,51-52,54-61H,3-5,8,10,12-13,15-19H2,1-2H3,(H5-,40,41,43,44,45,46,62,63)/p+1/t22-,26-,27-,28+,29+,31+,32+,33+,34+/m0/s1. The van der Waals surface area contributed by atoms with E-state index in [4.69, 9.17) is 21.7 Å². The summed E-state index contributed by atoms with van der Waals surface area (Å²) in [6.45, 7) is 2.51. The van der Waals surface area contributed by atoms with Gasteiger partial charge in [-0.25, -0.2) is 19.1 Å². The van der Waals surface area contributed by atoms with Gasteiger partial charge in [-0.2, -0.15) is 0 Å². The lowest BCUT2D eigenvalue weighted by Gasteiger charge is -2.33. The molecule has 3 amide bonds. The Kier molecular flexibility index (Phi) is 19.0. The van der Waals surface area contributed by atoms with Gasteiger partial charge in [0.2, 0.25) is 12.3 Å². The Morgan fingerprint density at radius 2 is 1.52 bits per heavy atom. The molecule has 0 bridgehead atoms. The predicted octanol–water partition coefficient (Wildman–Crippen LogP) is -5.89. The Balaban J connectivity index is 1.39. The predicted molar refractivity (Wildman–Crippen MR) is 225 cm³/mol. The molecule has 1 aromatic carbocycles. The van der Waals surface area contributed by atoms with Crippen LogP contribution in [-0.2, 0) is 29.2 Å². The van der Waals surface area contributed by atoms with Crippen LogP contribution in [0.15, 0.2) is 30.5 Å². The first-order valence-electron chi connectivity index (χ1n) is 20.6. The summed E-state index contributed by atoms with van der Waals surface area (Å²) in [6, 6.07) is 6.03. The van der Waals surface area contributed by atoms with Crippen molar-refractivity contribution in [3.8, 4) is 0 Å². The SMILES string of the molecule is CCn1c(CN(C=O)c2nc3cc[nH]c3nc2N)[n+](CC)c2ccc(C(=O)NCC[C@H](NCCCN(C[C@H](O)[C@@H](O)[C@H](O)[C@H](O)CO)C[C@H](O)[C@@H](O)[C@H](O)[C@H](O)CO)C(N)=O)cc21. The minimum atomic E-state index is -1.94. The Bertz CT molecular complexity index is 2080.